The molecule has 0 aromatic rings. The van der Waals surface area contributed by atoms with Crippen LogP contribution in [0.3, 0.4) is 0 Å². The lowest BCUT2D eigenvalue weighted by molar-refractivity contribution is -0.143. The van der Waals surface area contributed by atoms with Crippen molar-refractivity contribution >= 4 is 12.3 Å². The SMILES string of the molecule is CC1C2C=CC(C2)C1C(=O)N(C=O)CC1CO1. The van der Waals surface area contributed by atoms with E-state index in [9.17, 15) is 9.59 Å². The van der Waals surface area contributed by atoms with Crippen LogP contribution in [0.1, 0.15) is 13.3 Å². The predicted octanol–water partition coefficient (Wildman–Crippen LogP) is 0.828. The van der Waals surface area contributed by atoms with Gasteiger partial charge in [-0.15, -0.1) is 0 Å². The lowest BCUT2D eigenvalue weighted by Gasteiger charge is -2.27. The number of hydrogen-bond donors (Lipinski definition) is 0. The molecule has 0 N–H and O–H groups in total. The first-order valence-corrected chi connectivity index (χ1v) is 6.26. The number of hydrogen-bond acceptors (Lipinski definition) is 3. The fraction of sp³-hybridized carbons (Fsp3) is 0.692. The number of ether oxygens (including phenoxy) is 1. The third kappa shape index (κ3) is 1.80. The van der Waals surface area contributed by atoms with Crippen molar-refractivity contribution in [2.24, 2.45) is 23.7 Å². The highest BCUT2D eigenvalue weighted by molar-refractivity contribution is 5.89. The minimum Gasteiger partial charge on any atom is -0.371 e. The van der Waals surface area contributed by atoms with Gasteiger partial charge in [0.2, 0.25) is 12.3 Å². The number of nitrogens with zero attached hydrogens (tertiary/aromatic N) is 1. The second kappa shape index (κ2) is 3.95. The smallest absolute Gasteiger partial charge is 0.233 e. The van der Waals surface area contributed by atoms with Crippen molar-refractivity contribution in [2.45, 2.75) is 19.4 Å². The zero-order chi connectivity index (χ0) is 12.0. The first-order valence-electron chi connectivity index (χ1n) is 6.26. The number of amides is 2. The largest absolute Gasteiger partial charge is 0.371 e. The van der Waals surface area contributed by atoms with Gasteiger partial charge in [0.15, 0.2) is 0 Å². The Labute approximate surface area is 101 Å². The van der Waals surface area contributed by atoms with E-state index in [4.69, 9.17) is 4.74 Å². The van der Waals surface area contributed by atoms with Crippen molar-refractivity contribution in [3.8, 4) is 0 Å². The first-order chi connectivity index (χ1) is 8.20. The normalized spacial score (nSPS) is 41.6. The molecule has 1 aliphatic heterocycles. The maximum Gasteiger partial charge on any atom is 0.233 e. The molecule has 1 saturated carbocycles. The molecule has 1 heterocycles. The lowest BCUT2D eigenvalue weighted by Crippen LogP contribution is -2.41. The van der Waals surface area contributed by atoms with Gasteiger partial charge in [-0.3, -0.25) is 14.5 Å². The summed E-state index contributed by atoms with van der Waals surface area (Å²) in [5, 5.41) is 0. The number of carbonyl (C=O) groups excluding carboxylic acids is 2. The number of carbonyl (C=O) groups is 2. The molecule has 0 spiro atoms. The number of allylic oxidation sites excluding steroid dienone is 2. The van der Waals surface area contributed by atoms with Crippen LogP contribution >= 0.6 is 0 Å². The van der Waals surface area contributed by atoms with Crippen LogP contribution < -0.4 is 0 Å². The minimum atomic E-state index is -0.0140. The molecule has 2 fully saturated rings. The summed E-state index contributed by atoms with van der Waals surface area (Å²) in [7, 11) is 0. The third-order valence-corrected chi connectivity index (χ3v) is 4.35. The zero-order valence-electron chi connectivity index (χ0n) is 9.91. The molecule has 2 bridgehead atoms. The molecular formula is C13H17NO3. The predicted molar refractivity (Wildman–Crippen MR) is 60.9 cm³/mol. The average Bonchev–Trinajstić information content (AvgIpc) is 2.93. The Hall–Kier alpha value is -1.16. The molecule has 0 aromatic carbocycles. The van der Waals surface area contributed by atoms with Crippen LogP contribution in [0.15, 0.2) is 12.2 Å². The topological polar surface area (TPSA) is 49.9 Å². The van der Waals surface area contributed by atoms with Crippen LogP contribution in [0.25, 0.3) is 0 Å². The molecule has 0 aromatic heterocycles. The number of fused-ring (bicyclic) bond motifs is 2. The second-order valence-electron chi connectivity index (χ2n) is 5.38. The molecule has 92 valence electrons. The van der Waals surface area contributed by atoms with Gasteiger partial charge in [-0.1, -0.05) is 19.1 Å². The van der Waals surface area contributed by atoms with E-state index < -0.39 is 0 Å². The highest BCUT2D eigenvalue weighted by Crippen LogP contribution is 2.48. The Morgan fingerprint density at radius 1 is 1.47 bits per heavy atom. The van der Waals surface area contributed by atoms with Crippen molar-refractivity contribution in [2.75, 3.05) is 13.2 Å². The highest BCUT2D eigenvalue weighted by atomic mass is 16.6. The molecule has 3 rings (SSSR count). The van der Waals surface area contributed by atoms with E-state index in [0.717, 1.165) is 6.42 Å². The monoisotopic (exact) mass is 235 g/mol. The van der Waals surface area contributed by atoms with Gasteiger partial charge in [-0.25, -0.2) is 0 Å². The van der Waals surface area contributed by atoms with Crippen molar-refractivity contribution < 1.29 is 14.3 Å². The van der Waals surface area contributed by atoms with E-state index in [2.05, 4.69) is 19.1 Å². The molecule has 3 aliphatic rings. The molecule has 17 heavy (non-hydrogen) atoms. The Bertz CT molecular complexity index is 375. The summed E-state index contributed by atoms with van der Waals surface area (Å²) in [5.41, 5.74) is 0. The van der Waals surface area contributed by atoms with Gasteiger partial charge in [-0.05, 0) is 24.2 Å². The molecule has 5 atom stereocenters. The van der Waals surface area contributed by atoms with E-state index in [-0.39, 0.29) is 17.9 Å². The van der Waals surface area contributed by atoms with Crippen molar-refractivity contribution in [3.63, 3.8) is 0 Å². The van der Waals surface area contributed by atoms with E-state index in [1.807, 2.05) is 0 Å². The van der Waals surface area contributed by atoms with Gasteiger partial charge in [-0.2, -0.15) is 0 Å². The van der Waals surface area contributed by atoms with E-state index in [1.165, 1.54) is 4.90 Å². The van der Waals surface area contributed by atoms with Crippen molar-refractivity contribution in [1.29, 1.82) is 0 Å². The van der Waals surface area contributed by atoms with Gasteiger partial charge in [0.25, 0.3) is 0 Å². The van der Waals surface area contributed by atoms with Crippen LogP contribution in [-0.4, -0.2) is 36.5 Å². The molecular weight excluding hydrogens is 218 g/mol. The summed E-state index contributed by atoms with van der Waals surface area (Å²) in [6, 6.07) is 0. The van der Waals surface area contributed by atoms with E-state index in [0.29, 0.717) is 37.3 Å². The van der Waals surface area contributed by atoms with Gasteiger partial charge < -0.3 is 4.74 Å². The molecule has 2 aliphatic carbocycles. The van der Waals surface area contributed by atoms with Crippen molar-refractivity contribution in [1.82, 2.24) is 4.90 Å². The van der Waals surface area contributed by atoms with Crippen LogP contribution in [0.2, 0.25) is 0 Å². The molecule has 1 saturated heterocycles. The summed E-state index contributed by atoms with van der Waals surface area (Å²) in [6.45, 7) is 3.21. The summed E-state index contributed by atoms with van der Waals surface area (Å²) < 4.78 is 5.08. The minimum absolute atomic E-state index is 0.00560. The summed E-state index contributed by atoms with van der Waals surface area (Å²) in [6.07, 6.45) is 6.17. The van der Waals surface area contributed by atoms with Crippen LogP contribution in [0.5, 0.6) is 0 Å². The molecule has 2 amide bonds. The number of rotatable bonds is 4. The van der Waals surface area contributed by atoms with Gasteiger partial charge in [0, 0.05) is 5.92 Å². The summed E-state index contributed by atoms with van der Waals surface area (Å²) in [4.78, 5) is 24.7. The van der Waals surface area contributed by atoms with E-state index >= 15 is 0 Å². The molecule has 5 unspecified atom stereocenters. The second-order valence-corrected chi connectivity index (χ2v) is 5.38. The van der Waals surface area contributed by atoms with Gasteiger partial charge >= 0.3 is 0 Å². The maximum absolute atomic E-state index is 12.3. The average molecular weight is 235 g/mol. The quantitative estimate of drug-likeness (QED) is 0.412. The lowest BCUT2D eigenvalue weighted by atomic mass is 9.83. The Kier molecular flexibility index (Phi) is 2.54. The van der Waals surface area contributed by atoms with Crippen LogP contribution in [-0.2, 0) is 14.3 Å². The van der Waals surface area contributed by atoms with E-state index in [1.54, 1.807) is 0 Å². The Morgan fingerprint density at radius 2 is 2.18 bits per heavy atom. The Balaban J connectivity index is 1.72. The molecule has 4 nitrogen and oxygen atoms in total. The molecule has 4 heteroatoms. The standard InChI is InChI=1S/C13H17NO3/c1-8-9-2-3-10(4-9)12(8)13(16)14(7-15)5-11-6-17-11/h2-3,7-12H,4-6H2,1H3. The molecule has 0 radical (unpaired) electrons. The Morgan fingerprint density at radius 3 is 2.71 bits per heavy atom. The van der Waals surface area contributed by atoms with Crippen molar-refractivity contribution in [3.05, 3.63) is 12.2 Å². The van der Waals surface area contributed by atoms with Gasteiger partial charge in [0.05, 0.1) is 19.3 Å². The third-order valence-electron chi connectivity index (χ3n) is 4.35. The number of epoxide rings is 1. The fourth-order valence-corrected chi connectivity index (χ4v) is 3.25. The van der Waals surface area contributed by atoms with Crippen LogP contribution in [0.4, 0.5) is 0 Å². The van der Waals surface area contributed by atoms with Crippen LogP contribution in [0, 0.1) is 23.7 Å². The zero-order valence-corrected chi connectivity index (χ0v) is 9.91. The maximum atomic E-state index is 12.3. The van der Waals surface area contributed by atoms with Gasteiger partial charge in [0.1, 0.15) is 0 Å². The summed E-state index contributed by atoms with van der Waals surface area (Å²) >= 11 is 0. The highest BCUT2D eigenvalue weighted by Gasteiger charge is 2.47. The first kappa shape index (κ1) is 11.0. The fourth-order valence-electron chi connectivity index (χ4n) is 3.25. The summed E-state index contributed by atoms with van der Waals surface area (Å²) in [5.74, 6) is 1.21. The number of imide groups is 1.